The van der Waals surface area contributed by atoms with Crippen molar-refractivity contribution in [3.8, 4) is 0 Å². The SMILES string of the molecule is Cc1ccc(S(=O)(=O)Nc2ccc(N3CCCN(Cc4cccc(C(F)(F)F)c4)C3=O)cc2)cc1. The van der Waals surface area contributed by atoms with Crippen LogP contribution in [-0.2, 0) is 22.7 Å². The van der Waals surface area contributed by atoms with Crippen LogP contribution in [0.1, 0.15) is 23.1 Å². The first-order valence-corrected chi connectivity index (χ1v) is 12.4. The van der Waals surface area contributed by atoms with Crippen molar-refractivity contribution in [2.75, 3.05) is 22.7 Å². The summed E-state index contributed by atoms with van der Waals surface area (Å²) in [5.41, 5.74) is 1.51. The van der Waals surface area contributed by atoms with Gasteiger partial charge in [0.1, 0.15) is 0 Å². The van der Waals surface area contributed by atoms with Gasteiger partial charge >= 0.3 is 12.2 Å². The number of alkyl halides is 3. The molecule has 3 aromatic rings. The van der Waals surface area contributed by atoms with Gasteiger partial charge in [0.25, 0.3) is 10.0 Å². The highest BCUT2D eigenvalue weighted by Gasteiger charge is 2.31. The molecule has 3 aromatic carbocycles. The van der Waals surface area contributed by atoms with Crippen molar-refractivity contribution in [1.29, 1.82) is 0 Å². The molecule has 10 heteroatoms. The quantitative estimate of drug-likeness (QED) is 0.473. The maximum absolute atomic E-state index is 13.1. The average Bonchev–Trinajstić information content (AvgIpc) is 2.81. The Morgan fingerprint density at radius 3 is 2.29 bits per heavy atom. The molecule has 1 fully saturated rings. The zero-order valence-corrected chi connectivity index (χ0v) is 19.7. The smallest absolute Gasteiger partial charge is 0.320 e. The molecule has 1 aliphatic heterocycles. The van der Waals surface area contributed by atoms with Gasteiger partial charge in [-0.05, 0) is 67.4 Å². The van der Waals surface area contributed by atoms with Gasteiger partial charge in [0, 0.05) is 31.0 Å². The van der Waals surface area contributed by atoms with Gasteiger partial charge in [0.05, 0.1) is 10.5 Å². The lowest BCUT2D eigenvalue weighted by molar-refractivity contribution is -0.137. The molecular formula is C25H24F3N3O3S. The van der Waals surface area contributed by atoms with E-state index in [4.69, 9.17) is 0 Å². The zero-order valence-electron chi connectivity index (χ0n) is 18.9. The minimum absolute atomic E-state index is 0.0632. The molecule has 0 radical (unpaired) electrons. The van der Waals surface area contributed by atoms with Crippen molar-refractivity contribution < 1.29 is 26.4 Å². The molecule has 4 rings (SSSR count). The Balaban J connectivity index is 1.45. The molecule has 1 N–H and O–H groups in total. The van der Waals surface area contributed by atoms with Crippen LogP contribution in [0.5, 0.6) is 0 Å². The predicted molar refractivity (Wildman–Crippen MR) is 128 cm³/mol. The molecule has 0 saturated carbocycles. The number of hydrogen-bond acceptors (Lipinski definition) is 3. The maximum Gasteiger partial charge on any atom is 0.416 e. The number of carbonyl (C=O) groups excluding carboxylic acids is 1. The number of carbonyl (C=O) groups is 1. The van der Waals surface area contributed by atoms with Gasteiger partial charge in [-0.15, -0.1) is 0 Å². The molecule has 35 heavy (non-hydrogen) atoms. The highest BCUT2D eigenvalue weighted by Crippen LogP contribution is 2.30. The molecule has 2 amide bonds. The fourth-order valence-corrected chi connectivity index (χ4v) is 4.93. The van der Waals surface area contributed by atoms with Gasteiger partial charge in [-0.3, -0.25) is 9.62 Å². The zero-order chi connectivity index (χ0) is 25.2. The lowest BCUT2D eigenvalue weighted by Crippen LogP contribution is -2.49. The first-order chi connectivity index (χ1) is 16.5. The van der Waals surface area contributed by atoms with Crippen molar-refractivity contribution in [2.45, 2.75) is 31.0 Å². The van der Waals surface area contributed by atoms with E-state index in [1.165, 1.54) is 28.0 Å². The van der Waals surface area contributed by atoms with Crippen LogP contribution in [0.25, 0.3) is 0 Å². The minimum Gasteiger partial charge on any atom is -0.320 e. The molecular weight excluding hydrogens is 479 g/mol. The highest BCUT2D eigenvalue weighted by atomic mass is 32.2. The Kier molecular flexibility index (Phi) is 6.75. The third-order valence-electron chi connectivity index (χ3n) is 5.70. The standard InChI is InChI=1S/C25H24F3N3O3S/c1-18-6-12-23(13-7-18)35(33,34)29-21-8-10-22(11-9-21)31-15-3-14-30(24(31)32)17-19-4-2-5-20(16-19)25(26,27)28/h2,4-13,16,29H,3,14-15,17H2,1H3. The summed E-state index contributed by atoms with van der Waals surface area (Å²) in [6.07, 6.45) is -3.80. The van der Waals surface area contributed by atoms with Crippen molar-refractivity contribution in [3.63, 3.8) is 0 Å². The van der Waals surface area contributed by atoms with Crippen LogP contribution in [0.2, 0.25) is 0 Å². The molecule has 1 heterocycles. The van der Waals surface area contributed by atoms with Crippen LogP contribution in [0.3, 0.4) is 0 Å². The molecule has 0 spiro atoms. The molecule has 184 valence electrons. The van der Waals surface area contributed by atoms with Gasteiger partial charge in [-0.1, -0.05) is 29.8 Å². The third kappa shape index (κ3) is 5.76. The number of nitrogens with one attached hydrogen (secondary N) is 1. The van der Waals surface area contributed by atoms with E-state index in [-0.39, 0.29) is 17.5 Å². The van der Waals surface area contributed by atoms with Crippen molar-refractivity contribution in [2.24, 2.45) is 0 Å². The Morgan fingerprint density at radius 2 is 1.63 bits per heavy atom. The van der Waals surface area contributed by atoms with Gasteiger partial charge in [-0.2, -0.15) is 13.2 Å². The Bertz CT molecular complexity index is 1310. The fraction of sp³-hybridized carbons (Fsp3) is 0.240. The largest absolute Gasteiger partial charge is 0.416 e. The van der Waals surface area contributed by atoms with Crippen LogP contribution >= 0.6 is 0 Å². The van der Waals surface area contributed by atoms with Crippen molar-refractivity contribution in [3.05, 3.63) is 89.5 Å². The minimum atomic E-state index is -4.45. The molecule has 0 atom stereocenters. The normalized spacial score (nSPS) is 14.8. The van der Waals surface area contributed by atoms with E-state index in [2.05, 4.69) is 4.72 Å². The van der Waals surface area contributed by atoms with E-state index < -0.39 is 21.8 Å². The number of sulfonamides is 1. The number of hydrogen-bond donors (Lipinski definition) is 1. The van der Waals surface area contributed by atoms with Crippen molar-refractivity contribution in [1.82, 2.24) is 4.90 Å². The Morgan fingerprint density at radius 1 is 0.943 bits per heavy atom. The molecule has 6 nitrogen and oxygen atoms in total. The highest BCUT2D eigenvalue weighted by molar-refractivity contribution is 7.92. The third-order valence-corrected chi connectivity index (χ3v) is 7.10. The number of urea groups is 1. The van der Waals surface area contributed by atoms with Crippen LogP contribution in [0.15, 0.2) is 77.7 Å². The molecule has 1 aliphatic rings. The molecule has 0 aromatic heterocycles. The lowest BCUT2D eigenvalue weighted by atomic mass is 10.1. The summed E-state index contributed by atoms with van der Waals surface area (Å²) in [7, 11) is -3.75. The van der Waals surface area contributed by atoms with E-state index in [1.54, 1.807) is 42.5 Å². The van der Waals surface area contributed by atoms with Gasteiger partial charge in [0.15, 0.2) is 0 Å². The molecule has 1 saturated heterocycles. The van der Waals surface area contributed by atoms with E-state index >= 15 is 0 Å². The van der Waals surface area contributed by atoms with Crippen LogP contribution in [0.4, 0.5) is 29.3 Å². The van der Waals surface area contributed by atoms with E-state index in [0.717, 1.165) is 17.7 Å². The second-order valence-electron chi connectivity index (χ2n) is 8.37. The van der Waals surface area contributed by atoms with E-state index in [1.807, 2.05) is 6.92 Å². The molecule has 0 aliphatic carbocycles. The van der Waals surface area contributed by atoms with E-state index in [0.29, 0.717) is 36.4 Å². The van der Waals surface area contributed by atoms with Crippen LogP contribution < -0.4 is 9.62 Å². The number of halogens is 3. The maximum atomic E-state index is 13.1. The first kappa shape index (κ1) is 24.6. The summed E-state index contributed by atoms with van der Waals surface area (Å²) >= 11 is 0. The number of rotatable bonds is 6. The van der Waals surface area contributed by atoms with Crippen molar-refractivity contribution >= 4 is 27.4 Å². The second-order valence-corrected chi connectivity index (χ2v) is 10.1. The first-order valence-electron chi connectivity index (χ1n) is 10.9. The number of nitrogens with zero attached hydrogens (tertiary/aromatic N) is 2. The summed E-state index contributed by atoms with van der Waals surface area (Å²) in [6.45, 7) is 2.81. The van der Waals surface area contributed by atoms with Crippen LogP contribution in [-0.4, -0.2) is 32.4 Å². The second kappa shape index (κ2) is 9.61. The number of benzene rings is 3. The van der Waals surface area contributed by atoms with Gasteiger partial charge in [-0.25, -0.2) is 13.2 Å². The summed E-state index contributed by atoms with van der Waals surface area (Å²) < 4.78 is 66.8. The predicted octanol–water partition coefficient (Wildman–Crippen LogP) is 5.65. The van der Waals surface area contributed by atoms with Crippen LogP contribution in [0, 0.1) is 6.92 Å². The average molecular weight is 504 g/mol. The summed E-state index contributed by atoms with van der Waals surface area (Å²) in [5.74, 6) is 0. The number of aryl methyl sites for hydroxylation is 1. The Labute approximate surface area is 202 Å². The topological polar surface area (TPSA) is 69.7 Å². The van der Waals surface area contributed by atoms with Gasteiger partial charge < -0.3 is 4.90 Å². The number of anilines is 2. The monoisotopic (exact) mass is 503 g/mol. The summed E-state index contributed by atoms with van der Waals surface area (Å²) in [5, 5.41) is 0. The van der Waals surface area contributed by atoms with Gasteiger partial charge in [0.2, 0.25) is 0 Å². The molecule has 0 bridgehead atoms. The molecule has 0 unspecified atom stereocenters. The summed E-state index contributed by atoms with van der Waals surface area (Å²) in [6, 6.07) is 17.5. The lowest BCUT2D eigenvalue weighted by Gasteiger charge is -2.35. The summed E-state index contributed by atoms with van der Waals surface area (Å²) in [4.78, 5) is 16.2. The Hall–Kier alpha value is -3.53. The van der Waals surface area contributed by atoms with E-state index in [9.17, 15) is 26.4 Å². The fourth-order valence-electron chi connectivity index (χ4n) is 3.88. The number of amides is 2.